The zero-order valence-electron chi connectivity index (χ0n) is 11.5. The van der Waals surface area contributed by atoms with E-state index < -0.39 is 11.2 Å². The van der Waals surface area contributed by atoms with Crippen molar-refractivity contribution < 1.29 is 4.79 Å². The van der Waals surface area contributed by atoms with E-state index in [2.05, 4.69) is 9.97 Å². The van der Waals surface area contributed by atoms with Crippen LogP contribution in [-0.4, -0.2) is 24.9 Å². The Morgan fingerprint density at radius 3 is 2.64 bits per heavy atom. The number of hydrogen-bond acceptors (Lipinski definition) is 4. The van der Waals surface area contributed by atoms with E-state index in [0.717, 1.165) is 4.57 Å². The van der Waals surface area contributed by atoms with Gasteiger partial charge < -0.3 is 4.57 Å². The smallest absolute Gasteiger partial charge is 0.309 e. The SMILES string of the molecule is Cn1c(=O)[nH]c2c(ncn2CC(=O)c2ccc(Cl)cc2)c1=O. The van der Waals surface area contributed by atoms with Crippen molar-refractivity contribution in [3.8, 4) is 0 Å². The first-order valence-electron chi connectivity index (χ1n) is 6.40. The van der Waals surface area contributed by atoms with Crippen LogP contribution >= 0.6 is 11.6 Å². The molecular weight excluding hydrogens is 308 g/mol. The van der Waals surface area contributed by atoms with Gasteiger partial charge in [-0.3, -0.25) is 19.1 Å². The zero-order valence-corrected chi connectivity index (χ0v) is 12.3. The quantitative estimate of drug-likeness (QED) is 0.728. The van der Waals surface area contributed by atoms with Crippen molar-refractivity contribution in [1.29, 1.82) is 0 Å². The molecular formula is C14H11ClN4O3. The van der Waals surface area contributed by atoms with E-state index in [1.807, 2.05) is 0 Å². The number of halogens is 1. The molecule has 1 aromatic carbocycles. The van der Waals surface area contributed by atoms with Crippen molar-refractivity contribution in [2.45, 2.75) is 6.54 Å². The van der Waals surface area contributed by atoms with Gasteiger partial charge in [0.05, 0.1) is 12.9 Å². The molecule has 112 valence electrons. The first kappa shape index (κ1) is 14.3. The van der Waals surface area contributed by atoms with E-state index in [9.17, 15) is 14.4 Å². The Morgan fingerprint density at radius 1 is 1.27 bits per heavy atom. The minimum atomic E-state index is -0.557. The number of rotatable bonds is 3. The molecule has 0 atom stereocenters. The predicted octanol–water partition coefficient (Wildman–Crippen LogP) is 0.960. The number of carbonyl (C=O) groups excluding carboxylic acids is 1. The van der Waals surface area contributed by atoms with E-state index in [1.54, 1.807) is 24.3 Å². The lowest BCUT2D eigenvalue weighted by atomic mass is 10.1. The second-order valence-electron chi connectivity index (χ2n) is 4.79. The molecule has 0 fully saturated rings. The van der Waals surface area contributed by atoms with Crippen molar-refractivity contribution in [1.82, 2.24) is 19.1 Å². The molecule has 22 heavy (non-hydrogen) atoms. The molecule has 0 bridgehead atoms. The van der Waals surface area contributed by atoms with Crippen LogP contribution in [0.25, 0.3) is 11.2 Å². The van der Waals surface area contributed by atoms with Crippen LogP contribution in [0.2, 0.25) is 5.02 Å². The Labute approximate surface area is 128 Å². The standard InChI is InChI=1S/C14H11ClN4O3/c1-18-13(21)11-12(17-14(18)22)19(7-16-11)6-10(20)8-2-4-9(15)5-3-8/h2-5,7H,6H2,1H3,(H,17,22). The molecule has 0 amide bonds. The largest absolute Gasteiger partial charge is 0.329 e. The summed E-state index contributed by atoms with van der Waals surface area (Å²) < 4.78 is 2.37. The number of benzene rings is 1. The third-order valence-electron chi connectivity index (χ3n) is 3.36. The fraction of sp³-hybridized carbons (Fsp3) is 0.143. The van der Waals surface area contributed by atoms with Crippen LogP contribution in [0.4, 0.5) is 0 Å². The predicted molar refractivity (Wildman–Crippen MR) is 81.4 cm³/mol. The highest BCUT2D eigenvalue weighted by Crippen LogP contribution is 2.12. The number of fused-ring (bicyclic) bond motifs is 1. The van der Waals surface area contributed by atoms with E-state index in [0.29, 0.717) is 10.6 Å². The van der Waals surface area contributed by atoms with E-state index in [4.69, 9.17) is 11.6 Å². The van der Waals surface area contributed by atoms with Crippen LogP contribution in [0.5, 0.6) is 0 Å². The normalized spacial score (nSPS) is 11.0. The first-order valence-corrected chi connectivity index (χ1v) is 6.78. The summed E-state index contributed by atoms with van der Waals surface area (Å²) in [5.41, 5.74) is -0.228. The van der Waals surface area contributed by atoms with Gasteiger partial charge in [0.1, 0.15) is 5.65 Å². The maximum absolute atomic E-state index is 12.2. The molecule has 1 N–H and O–H groups in total. The summed E-state index contributed by atoms with van der Waals surface area (Å²) in [7, 11) is 1.36. The number of nitrogens with one attached hydrogen (secondary N) is 1. The summed E-state index contributed by atoms with van der Waals surface area (Å²) in [6.07, 6.45) is 1.36. The number of aromatic amines is 1. The van der Waals surface area contributed by atoms with E-state index >= 15 is 0 Å². The number of carbonyl (C=O) groups is 1. The molecule has 0 radical (unpaired) electrons. The number of Topliss-reactive ketones (excluding diaryl/α,β-unsaturated/α-hetero) is 1. The fourth-order valence-electron chi connectivity index (χ4n) is 2.11. The number of nitrogens with zero attached hydrogens (tertiary/aromatic N) is 3. The van der Waals surface area contributed by atoms with Crippen LogP contribution in [0.3, 0.4) is 0 Å². The molecule has 0 spiro atoms. The van der Waals surface area contributed by atoms with Crippen LogP contribution in [-0.2, 0) is 13.6 Å². The lowest BCUT2D eigenvalue weighted by Crippen LogP contribution is -2.32. The lowest BCUT2D eigenvalue weighted by molar-refractivity contribution is 0.0973. The van der Waals surface area contributed by atoms with E-state index in [1.165, 1.54) is 17.9 Å². The Balaban J connectivity index is 2.01. The average Bonchev–Trinajstić information content (AvgIpc) is 2.88. The van der Waals surface area contributed by atoms with Gasteiger partial charge in [-0.25, -0.2) is 9.78 Å². The number of ketones is 1. The van der Waals surface area contributed by atoms with Crippen molar-refractivity contribution in [3.63, 3.8) is 0 Å². The van der Waals surface area contributed by atoms with Gasteiger partial charge in [-0.2, -0.15) is 0 Å². The monoisotopic (exact) mass is 318 g/mol. The molecule has 0 unspecified atom stereocenters. The van der Waals surface area contributed by atoms with Gasteiger partial charge in [-0.1, -0.05) is 11.6 Å². The summed E-state index contributed by atoms with van der Waals surface area (Å²) >= 11 is 5.78. The summed E-state index contributed by atoms with van der Waals surface area (Å²) in [5, 5.41) is 0.539. The molecule has 0 saturated carbocycles. The second kappa shape index (κ2) is 5.27. The lowest BCUT2D eigenvalue weighted by Gasteiger charge is -2.04. The van der Waals surface area contributed by atoms with Gasteiger partial charge in [0.2, 0.25) is 0 Å². The number of H-pyrrole nitrogens is 1. The van der Waals surface area contributed by atoms with Crippen molar-refractivity contribution >= 4 is 28.5 Å². The minimum Gasteiger partial charge on any atom is -0.309 e. The maximum atomic E-state index is 12.2. The molecule has 3 rings (SSSR count). The van der Waals surface area contributed by atoms with Gasteiger partial charge in [0, 0.05) is 17.6 Å². The highest BCUT2D eigenvalue weighted by atomic mass is 35.5. The van der Waals surface area contributed by atoms with Gasteiger partial charge in [0.15, 0.2) is 11.3 Å². The Bertz CT molecular complexity index is 982. The fourth-order valence-corrected chi connectivity index (χ4v) is 2.23. The van der Waals surface area contributed by atoms with Crippen LogP contribution in [0.15, 0.2) is 40.2 Å². The van der Waals surface area contributed by atoms with Gasteiger partial charge >= 0.3 is 5.69 Å². The Hall–Kier alpha value is -2.67. The Kier molecular flexibility index (Phi) is 3.42. The van der Waals surface area contributed by atoms with Gasteiger partial charge in [0.25, 0.3) is 5.56 Å². The van der Waals surface area contributed by atoms with Crippen molar-refractivity contribution in [3.05, 3.63) is 62.0 Å². The Morgan fingerprint density at radius 2 is 1.95 bits per heavy atom. The third-order valence-corrected chi connectivity index (χ3v) is 3.61. The number of imidazole rings is 1. The van der Waals surface area contributed by atoms with Crippen molar-refractivity contribution in [2.75, 3.05) is 0 Å². The van der Waals surface area contributed by atoms with Crippen molar-refractivity contribution in [2.24, 2.45) is 7.05 Å². The van der Waals surface area contributed by atoms with Gasteiger partial charge in [-0.15, -0.1) is 0 Å². The molecule has 0 aliphatic carbocycles. The minimum absolute atomic E-state index is 0.0404. The third kappa shape index (κ3) is 2.35. The topological polar surface area (TPSA) is 89.8 Å². The highest BCUT2D eigenvalue weighted by Gasteiger charge is 2.13. The molecule has 8 heteroatoms. The summed E-state index contributed by atoms with van der Waals surface area (Å²) in [6.45, 7) is -0.0404. The first-order chi connectivity index (χ1) is 10.5. The molecule has 7 nitrogen and oxygen atoms in total. The number of aromatic nitrogens is 4. The molecule has 0 aliphatic heterocycles. The molecule has 2 aromatic heterocycles. The summed E-state index contributed by atoms with van der Waals surface area (Å²) in [6, 6.07) is 6.48. The average molecular weight is 319 g/mol. The number of hydrogen-bond donors (Lipinski definition) is 1. The van der Waals surface area contributed by atoms with Crippen LogP contribution in [0, 0.1) is 0 Å². The highest BCUT2D eigenvalue weighted by molar-refractivity contribution is 6.30. The molecule has 2 heterocycles. The molecule has 0 saturated heterocycles. The summed E-state index contributed by atoms with van der Waals surface area (Å²) in [5.74, 6) is -0.183. The molecule has 0 aliphatic rings. The van der Waals surface area contributed by atoms with Crippen LogP contribution < -0.4 is 11.2 Å². The van der Waals surface area contributed by atoms with Crippen LogP contribution in [0.1, 0.15) is 10.4 Å². The molecule has 3 aromatic rings. The summed E-state index contributed by atoms with van der Waals surface area (Å²) in [4.78, 5) is 42.3. The zero-order chi connectivity index (χ0) is 15.9. The second-order valence-corrected chi connectivity index (χ2v) is 5.23. The van der Waals surface area contributed by atoms with Gasteiger partial charge in [-0.05, 0) is 24.3 Å². The van der Waals surface area contributed by atoms with E-state index in [-0.39, 0.29) is 23.5 Å². The maximum Gasteiger partial charge on any atom is 0.329 e.